The number of amides is 1. The molecule has 10 nitrogen and oxygen atoms in total. The summed E-state index contributed by atoms with van der Waals surface area (Å²) in [6, 6.07) is 3.83. The van der Waals surface area contributed by atoms with E-state index in [9.17, 15) is 13.2 Å². The van der Waals surface area contributed by atoms with Crippen LogP contribution >= 0.6 is 0 Å². The number of hydrogen-bond donors (Lipinski definition) is 0. The summed E-state index contributed by atoms with van der Waals surface area (Å²) in [5.74, 6) is 1.55. The van der Waals surface area contributed by atoms with Crippen LogP contribution in [0.2, 0.25) is 0 Å². The van der Waals surface area contributed by atoms with Crippen LogP contribution in [0.5, 0.6) is 0 Å². The molecule has 0 bridgehead atoms. The number of aromatic nitrogens is 4. The quantitative estimate of drug-likeness (QED) is 0.686. The van der Waals surface area contributed by atoms with Crippen molar-refractivity contribution in [2.45, 2.75) is 12.8 Å². The van der Waals surface area contributed by atoms with Gasteiger partial charge in [-0.3, -0.25) is 9.36 Å². The zero-order chi connectivity index (χ0) is 20.4. The molecule has 0 atom stereocenters. The molecule has 0 aromatic carbocycles. The summed E-state index contributed by atoms with van der Waals surface area (Å²) >= 11 is 0. The van der Waals surface area contributed by atoms with Crippen LogP contribution in [0.25, 0.3) is 5.82 Å². The van der Waals surface area contributed by atoms with Crippen molar-refractivity contribution in [3.8, 4) is 5.82 Å². The highest BCUT2D eigenvalue weighted by Gasteiger charge is 2.32. The fourth-order valence-corrected chi connectivity index (χ4v) is 4.74. The van der Waals surface area contributed by atoms with E-state index in [-0.39, 0.29) is 11.8 Å². The smallest absolute Gasteiger partial charge is 0.225 e. The fraction of sp³-hybridized carbons (Fsp3) is 0.556. The number of carbonyl (C=O) groups is 1. The third-order valence-corrected chi connectivity index (χ3v) is 6.90. The summed E-state index contributed by atoms with van der Waals surface area (Å²) in [5.41, 5.74) is 0. The first-order valence-corrected chi connectivity index (χ1v) is 11.6. The van der Waals surface area contributed by atoms with Gasteiger partial charge in [0.25, 0.3) is 0 Å². The van der Waals surface area contributed by atoms with Crippen molar-refractivity contribution in [2.24, 2.45) is 5.92 Å². The highest BCUT2D eigenvalue weighted by atomic mass is 32.2. The number of rotatable bonds is 4. The van der Waals surface area contributed by atoms with E-state index in [0.29, 0.717) is 57.9 Å². The highest BCUT2D eigenvalue weighted by Crippen LogP contribution is 2.23. The Morgan fingerprint density at radius 2 is 1.66 bits per heavy atom. The van der Waals surface area contributed by atoms with E-state index >= 15 is 0 Å². The van der Waals surface area contributed by atoms with Gasteiger partial charge in [-0.1, -0.05) is 0 Å². The minimum Gasteiger partial charge on any atom is -0.352 e. The van der Waals surface area contributed by atoms with Crippen LogP contribution < -0.4 is 4.90 Å². The van der Waals surface area contributed by atoms with E-state index in [1.807, 2.05) is 23.2 Å². The lowest BCUT2D eigenvalue weighted by molar-refractivity contribution is -0.137. The van der Waals surface area contributed by atoms with Gasteiger partial charge >= 0.3 is 0 Å². The van der Waals surface area contributed by atoms with Crippen LogP contribution in [-0.2, 0) is 14.8 Å². The first kappa shape index (κ1) is 19.8. The lowest BCUT2D eigenvalue weighted by atomic mass is 9.96. The predicted molar refractivity (Wildman–Crippen MR) is 107 cm³/mol. The van der Waals surface area contributed by atoms with Crippen LogP contribution in [0.4, 0.5) is 5.82 Å². The number of piperidine rings is 1. The normalized spacial score (nSPS) is 19.5. The number of imidazole rings is 1. The zero-order valence-electron chi connectivity index (χ0n) is 16.4. The van der Waals surface area contributed by atoms with Gasteiger partial charge in [-0.15, -0.1) is 10.2 Å². The maximum atomic E-state index is 12.8. The topological polar surface area (TPSA) is 105 Å². The Kier molecular flexibility index (Phi) is 5.50. The molecule has 29 heavy (non-hydrogen) atoms. The van der Waals surface area contributed by atoms with Crippen LogP contribution in [0.1, 0.15) is 12.8 Å². The van der Waals surface area contributed by atoms with Crippen molar-refractivity contribution in [1.29, 1.82) is 0 Å². The molecule has 11 heteroatoms. The number of nitrogens with zero attached hydrogens (tertiary/aromatic N) is 7. The van der Waals surface area contributed by atoms with Crippen molar-refractivity contribution in [3.63, 3.8) is 0 Å². The van der Waals surface area contributed by atoms with Crippen molar-refractivity contribution >= 4 is 21.7 Å². The van der Waals surface area contributed by atoms with Gasteiger partial charge in [-0.05, 0) is 25.0 Å². The molecule has 0 radical (unpaired) electrons. The van der Waals surface area contributed by atoms with Gasteiger partial charge in [0.2, 0.25) is 15.9 Å². The molecule has 2 aliphatic rings. The summed E-state index contributed by atoms with van der Waals surface area (Å²) in [6.07, 6.45) is 7.58. The number of hydrogen-bond acceptors (Lipinski definition) is 7. The lowest BCUT2D eigenvalue weighted by Crippen LogP contribution is -2.52. The van der Waals surface area contributed by atoms with Gasteiger partial charge in [0.1, 0.15) is 6.33 Å². The molecule has 2 fully saturated rings. The molecule has 156 valence electrons. The van der Waals surface area contributed by atoms with Crippen molar-refractivity contribution in [3.05, 3.63) is 30.9 Å². The Bertz CT molecular complexity index is 930. The maximum absolute atomic E-state index is 12.8. The van der Waals surface area contributed by atoms with Gasteiger partial charge < -0.3 is 9.80 Å². The van der Waals surface area contributed by atoms with Crippen LogP contribution in [0.3, 0.4) is 0 Å². The number of carbonyl (C=O) groups excluding carboxylic acids is 1. The third kappa shape index (κ3) is 4.40. The molecule has 2 aliphatic heterocycles. The van der Waals surface area contributed by atoms with Gasteiger partial charge in [0.05, 0.1) is 6.26 Å². The standard InChI is InChI=1S/C18H25N7O3S/c1-29(27,28)25-7-4-15(5-8-25)18(26)23-12-10-22(11-13-23)16-2-3-17(21-20-16)24-9-6-19-14-24/h2-3,6,9,14-15H,4-5,7-8,10-13H2,1H3. The molecule has 0 N–H and O–H groups in total. The molecule has 0 aliphatic carbocycles. The average molecular weight is 420 g/mol. The SMILES string of the molecule is CS(=O)(=O)N1CCC(C(=O)N2CCN(c3ccc(-n4ccnc4)nn3)CC2)CC1. The summed E-state index contributed by atoms with van der Waals surface area (Å²) in [5, 5.41) is 8.56. The number of anilines is 1. The minimum atomic E-state index is -3.17. The molecular weight excluding hydrogens is 394 g/mol. The maximum Gasteiger partial charge on any atom is 0.225 e. The van der Waals surface area contributed by atoms with Gasteiger partial charge in [0.15, 0.2) is 11.6 Å². The number of sulfonamides is 1. The van der Waals surface area contributed by atoms with E-state index in [4.69, 9.17) is 0 Å². The fourth-order valence-electron chi connectivity index (χ4n) is 3.87. The largest absolute Gasteiger partial charge is 0.352 e. The van der Waals surface area contributed by atoms with Crippen LogP contribution in [-0.4, -0.2) is 88.8 Å². The first-order valence-electron chi connectivity index (χ1n) is 9.73. The van der Waals surface area contributed by atoms with Crippen LogP contribution in [0.15, 0.2) is 30.9 Å². The Hall–Kier alpha value is -2.53. The predicted octanol–water partition coefficient (Wildman–Crippen LogP) is -0.0175. The van der Waals surface area contributed by atoms with Gasteiger partial charge in [0, 0.05) is 57.6 Å². The minimum absolute atomic E-state index is 0.0891. The molecule has 0 spiro atoms. The lowest BCUT2D eigenvalue weighted by Gasteiger charge is -2.38. The van der Waals surface area contributed by atoms with E-state index < -0.39 is 10.0 Å². The third-order valence-electron chi connectivity index (χ3n) is 5.59. The molecule has 0 saturated carbocycles. The molecule has 2 saturated heterocycles. The van der Waals surface area contributed by atoms with Gasteiger partial charge in [-0.2, -0.15) is 0 Å². The van der Waals surface area contributed by atoms with Crippen molar-refractivity contribution in [2.75, 3.05) is 50.4 Å². The molecule has 0 unspecified atom stereocenters. The first-order chi connectivity index (χ1) is 13.9. The Morgan fingerprint density at radius 3 is 2.21 bits per heavy atom. The summed E-state index contributed by atoms with van der Waals surface area (Å²) in [4.78, 5) is 20.9. The molecular formula is C18H25N7O3S. The van der Waals surface area contributed by atoms with Crippen molar-refractivity contribution in [1.82, 2.24) is 29.0 Å². The van der Waals surface area contributed by atoms with E-state index in [2.05, 4.69) is 20.1 Å². The summed E-state index contributed by atoms with van der Waals surface area (Å²) in [6.45, 7) is 3.52. The van der Waals surface area contributed by atoms with E-state index in [1.54, 1.807) is 17.1 Å². The second-order valence-corrected chi connectivity index (χ2v) is 9.45. The van der Waals surface area contributed by atoms with Crippen molar-refractivity contribution < 1.29 is 13.2 Å². The molecule has 2 aromatic heterocycles. The molecule has 4 heterocycles. The van der Waals surface area contributed by atoms with E-state index in [0.717, 1.165) is 5.82 Å². The van der Waals surface area contributed by atoms with Gasteiger partial charge in [-0.25, -0.2) is 17.7 Å². The monoisotopic (exact) mass is 419 g/mol. The Labute approximate surface area is 170 Å². The zero-order valence-corrected chi connectivity index (χ0v) is 17.2. The average Bonchev–Trinajstić information content (AvgIpc) is 3.28. The summed E-state index contributed by atoms with van der Waals surface area (Å²) in [7, 11) is -3.17. The molecule has 2 aromatic rings. The van der Waals surface area contributed by atoms with Crippen LogP contribution in [0, 0.1) is 5.92 Å². The molecule has 4 rings (SSSR count). The number of piperazine rings is 1. The summed E-state index contributed by atoms with van der Waals surface area (Å²) < 4.78 is 26.5. The second kappa shape index (κ2) is 8.07. The molecule has 1 amide bonds. The second-order valence-electron chi connectivity index (χ2n) is 7.47. The van der Waals surface area contributed by atoms with E-state index in [1.165, 1.54) is 10.6 Å². The highest BCUT2D eigenvalue weighted by molar-refractivity contribution is 7.88. The Balaban J connectivity index is 1.30. The Morgan fingerprint density at radius 1 is 1.00 bits per heavy atom.